The minimum absolute atomic E-state index is 0.273. The Morgan fingerprint density at radius 1 is 1.08 bits per heavy atom. The third-order valence-corrected chi connectivity index (χ3v) is 4.77. The minimum atomic E-state index is -0.273. The monoisotopic (exact) mass is 346 g/mol. The van der Waals surface area contributed by atoms with Crippen molar-refractivity contribution in [3.63, 3.8) is 0 Å². The minimum Gasteiger partial charge on any atom is -0.444 e. The van der Waals surface area contributed by atoms with Crippen LogP contribution in [0.2, 0.25) is 0 Å². The van der Waals surface area contributed by atoms with Gasteiger partial charge >= 0.3 is 6.09 Å². The van der Waals surface area contributed by atoms with Gasteiger partial charge in [0.2, 0.25) is 0 Å². The molecule has 4 nitrogen and oxygen atoms in total. The molecule has 1 aliphatic rings. The van der Waals surface area contributed by atoms with Crippen molar-refractivity contribution < 1.29 is 9.53 Å². The molecule has 1 N–H and O–H groups in total. The molecule has 1 aliphatic heterocycles. The maximum absolute atomic E-state index is 12.4. The fourth-order valence-corrected chi connectivity index (χ4v) is 3.43. The molecule has 0 saturated carbocycles. The molecule has 0 atom stereocenters. The number of benzene rings is 2. The number of nitrogens with one attached hydrogen (secondary N) is 1. The summed E-state index contributed by atoms with van der Waals surface area (Å²) < 4.78 is 5.46. The highest BCUT2D eigenvalue weighted by Gasteiger charge is 2.18. The first-order chi connectivity index (χ1) is 12.8. The number of hydrogen-bond acceptors (Lipinski definition) is 2. The number of aromatic nitrogens is 1. The largest absolute Gasteiger partial charge is 0.444 e. The summed E-state index contributed by atoms with van der Waals surface area (Å²) >= 11 is 0. The highest BCUT2D eigenvalue weighted by atomic mass is 16.6. The number of hydrogen-bond donors (Lipinski definition) is 1. The van der Waals surface area contributed by atoms with E-state index in [2.05, 4.69) is 29.4 Å². The Bertz CT molecular complexity index is 927. The molecule has 2 aromatic carbocycles. The van der Waals surface area contributed by atoms with E-state index in [1.165, 1.54) is 16.5 Å². The molecule has 4 rings (SSSR count). The van der Waals surface area contributed by atoms with E-state index < -0.39 is 0 Å². The fourth-order valence-electron chi connectivity index (χ4n) is 3.43. The molecule has 132 valence electrons. The molecule has 4 heteroatoms. The Hall–Kier alpha value is -3.01. The predicted octanol–water partition coefficient (Wildman–Crippen LogP) is 5.03. The van der Waals surface area contributed by atoms with Crippen molar-refractivity contribution in [2.45, 2.75) is 25.9 Å². The first-order valence-corrected chi connectivity index (χ1v) is 9.01. The number of para-hydroxylation sites is 1. The second kappa shape index (κ2) is 7.48. The summed E-state index contributed by atoms with van der Waals surface area (Å²) in [5, 5.41) is 1.25. The highest BCUT2D eigenvalue weighted by molar-refractivity contribution is 5.83. The molecule has 0 bridgehead atoms. The SMILES string of the molecule is O=C(OCc1ccccc1)N1C=C(Cc2c[nH]c3ccccc23)CCC1. The van der Waals surface area contributed by atoms with Crippen LogP contribution in [-0.4, -0.2) is 22.5 Å². The smallest absolute Gasteiger partial charge is 0.414 e. The molecule has 0 saturated heterocycles. The van der Waals surface area contributed by atoms with Gasteiger partial charge < -0.3 is 9.72 Å². The molecule has 0 radical (unpaired) electrons. The zero-order chi connectivity index (χ0) is 17.8. The number of carbonyl (C=O) groups excluding carboxylic acids is 1. The number of nitrogens with zero attached hydrogens (tertiary/aromatic N) is 1. The molecule has 0 fully saturated rings. The summed E-state index contributed by atoms with van der Waals surface area (Å²) in [6.07, 6.45) is 6.60. The van der Waals surface area contributed by atoms with Gasteiger partial charge in [-0.3, -0.25) is 4.90 Å². The lowest BCUT2D eigenvalue weighted by atomic mass is 9.99. The number of carbonyl (C=O) groups is 1. The lowest BCUT2D eigenvalue weighted by Gasteiger charge is -2.24. The topological polar surface area (TPSA) is 45.3 Å². The third-order valence-electron chi connectivity index (χ3n) is 4.77. The van der Waals surface area contributed by atoms with Crippen molar-refractivity contribution in [2.75, 3.05) is 6.54 Å². The maximum Gasteiger partial charge on any atom is 0.414 e. The predicted molar refractivity (Wildman–Crippen MR) is 103 cm³/mol. The van der Waals surface area contributed by atoms with E-state index in [-0.39, 0.29) is 6.09 Å². The van der Waals surface area contributed by atoms with Crippen molar-refractivity contribution in [3.05, 3.63) is 83.7 Å². The van der Waals surface area contributed by atoms with Crippen LogP contribution >= 0.6 is 0 Å². The Labute approximate surface area is 153 Å². The molecule has 0 spiro atoms. The Kier molecular flexibility index (Phi) is 4.73. The van der Waals surface area contributed by atoms with Crippen molar-refractivity contribution in [1.82, 2.24) is 9.88 Å². The van der Waals surface area contributed by atoms with Crippen LogP contribution in [0, 0.1) is 0 Å². The molecule has 26 heavy (non-hydrogen) atoms. The van der Waals surface area contributed by atoms with E-state index in [9.17, 15) is 4.79 Å². The standard InChI is InChI=1S/C22H22N2O2/c25-22(26-16-17-7-2-1-3-8-17)24-12-6-9-18(15-24)13-19-14-23-21-11-5-4-10-20(19)21/h1-5,7-8,10-11,14-15,23H,6,9,12-13,16H2. The number of aromatic amines is 1. The number of H-pyrrole nitrogens is 1. The van der Waals surface area contributed by atoms with Crippen molar-refractivity contribution in [2.24, 2.45) is 0 Å². The summed E-state index contributed by atoms with van der Waals surface area (Å²) in [7, 11) is 0. The summed E-state index contributed by atoms with van der Waals surface area (Å²) in [6, 6.07) is 18.1. The van der Waals surface area contributed by atoms with Crippen LogP contribution in [0.15, 0.2) is 72.6 Å². The van der Waals surface area contributed by atoms with E-state index in [0.717, 1.165) is 30.3 Å². The van der Waals surface area contributed by atoms with Crippen molar-refractivity contribution >= 4 is 17.0 Å². The van der Waals surface area contributed by atoms with E-state index in [1.807, 2.05) is 42.6 Å². The first kappa shape index (κ1) is 16.5. The van der Waals surface area contributed by atoms with E-state index >= 15 is 0 Å². The second-order valence-electron chi connectivity index (χ2n) is 6.66. The van der Waals surface area contributed by atoms with Gasteiger partial charge in [-0.05, 0) is 42.0 Å². The fraction of sp³-hybridized carbons (Fsp3) is 0.227. The average Bonchev–Trinajstić information content (AvgIpc) is 3.10. The van der Waals surface area contributed by atoms with Gasteiger partial charge in [0.1, 0.15) is 6.61 Å². The molecule has 1 amide bonds. The molecular weight excluding hydrogens is 324 g/mol. The normalized spacial score (nSPS) is 14.3. The molecule has 3 aromatic rings. The van der Waals surface area contributed by atoms with Crippen LogP contribution in [0.25, 0.3) is 10.9 Å². The van der Waals surface area contributed by atoms with Gasteiger partial charge in [0.25, 0.3) is 0 Å². The van der Waals surface area contributed by atoms with Crippen molar-refractivity contribution in [1.29, 1.82) is 0 Å². The van der Waals surface area contributed by atoms with E-state index in [1.54, 1.807) is 4.90 Å². The number of ether oxygens (including phenoxy) is 1. The molecular formula is C22H22N2O2. The van der Waals surface area contributed by atoms with Gasteiger partial charge in [-0.15, -0.1) is 0 Å². The molecule has 0 unspecified atom stereocenters. The Morgan fingerprint density at radius 3 is 2.77 bits per heavy atom. The van der Waals surface area contributed by atoms with Gasteiger partial charge in [0, 0.05) is 29.8 Å². The average molecular weight is 346 g/mol. The number of fused-ring (bicyclic) bond motifs is 1. The Balaban J connectivity index is 1.42. The van der Waals surface area contributed by atoms with Gasteiger partial charge in [0.15, 0.2) is 0 Å². The molecule has 1 aromatic heterocycles. The van der Waals surface area contributed by atoms with Crippen LogP contribution in [0.5, 0.6) is 0 Å². The summed E-state index contributed by atoms with van der Waals surface area (Å²) in [5.74, 6) is 0. The number of amides is 1. The van der Waals surface area contributed by atoms with Gasteiger partial charge in [0.05, 0.1) is 0 Å². The summed E-state index contributed by atoms with van der Waals surface area (Å²) in [5.41, 5.74) is 4.68. The zero-order valence-electron chi connectivity index (χ0n) is 14.7. The lowest BCUT2D eigenvalue weighted by molar-refractivity contribution is 0.108. The Morgan fingerprint density at radius 2 is 1.88 bits per heavy atom. The lowest BCUT2D eigenvalue weighted by Crippen LogP contribution is -2.30. The first-order valence-electron chi connectivity index (χ1n) is 9.01. The molecule has 0 aliphatic carbocycles. The van der Waals surface area contributed by atoms with Crippen LogP contribution in [-0.2, 0) is 17.8 Å². The number of rotatable bonds is 4. The number of allylic oxidation sites excluding steroid dienone is 1. The zero-order valence-corrected chi connectivity index (χ0v) is 14.7. The quantitative estimate of drug-likeness (QED) is 0.720. The maximum atomic E-state index is 12.4. The van der Waals surface area contributed by atoms with Crippen LogP contribution < -0.4 is 0 Å². The highest BCUT2D eigenvalue weighted by Crippen LogP contribution is 2.25. The van der Waals surface area contributed by atoms with E-state index in [0.29, 0.717) is 13.2 Å². The van der Waals surface area contributed by atoms with Crippen LogP contribution in [0.1, 0.15) is 24.0 Å². The third kappa shape index (κ3) is 3.64. The second-order valence-corrected chi connectivity index (χ2v) is 6.66. The van der Waals surface area contributed by atoms with E-state index in [4.69, 9.17) is 4.74 Å². The van der Waals surface area contributed by atoms with Gasteiger partial charge in [-0.25, -0.2) is 4.79 Å². The van der Waals surface area contributed by atoms with Crippen LogP contribution in [0.3, 0.4) is 0 Å². The van der Waals surface area contributed by atoms with Gasteiger partial charge in [-0.1, -0.05) is 48.5 Å². The summed E-state index contributed by atoms with van der Waals surface area (Å²) in [4.78, 5) is 17.4. The van der Waals surface area contributed by atoms with Crippen molar-refractivity contribution in [3.8, 4) is 0 Å². The molecule has 2 heterocycles. The van der Waals surface area contributed by atoms with Crippen LogP contribution in [0.4, 0.5) is 4.79 Å². The summed E-state index contributed by atoms with van der Waals surface area (Å²) in [6.45, 7) is 1.02. The van der Waals surface area contributed by atoms with Gasteiger partial charge in [-0.2, -0.15) is 0 Å².